The van der Waals surface area contributed by atoms with Crippen molar-refractivity contribution in [2.45, 2.75) is 6.92 Å². The summed E-state index contributed by atoms with van der Waals surface area (Å²) >= 11 is 0. The molecule has 122 valence electrons. The molecule has 3 aromatic rings. The number of anilines is 1. The van der Waals surface area contributed by atoms with Crippen molar-refractivity contribution >= 4 is 28.6 Å². The third kappa shape index (κ3) is 2.43. The molecule has 0 atom stereocenters. The molecule has 0 aliphatic heterocycles. The number of hydrogen-bond acceptors (Lipinski definition) is 5. The Hall–Kier alpha value is -3.42. The number of benzene rings is 1. The second-order valence-electron chi connectivity index (χ2n) is 5.24. The fraction of sp³-hybridized carbons (Fsp3) is 0.125. The second kappa shape index (κ2) is 5.65. The third-order valence-corrected chi connectivity index (χ3v) is 3.62. The molecule has 0 spiro atoms. The van der Waals surface area contributed by atoms with Gasteiger partial charge in [-0.2, -0.15) is 0 Å². The number of para-hydroxylation sites is 1. The van der Waals surface area contributed by atoms with Crippen LogP contribution in [0.15, 0.2) is 39.8 Å². The Balaban J connectivity index is 2.11. The molecule has 0 saturated heterocycles. The van der Waals surface area contributed by atoms with Gasteiger partial charge >= 0.3 is 0 Å². The summed E-state index contributed by atoms with van der Waals surface area (Å²) in [4.78, 5) is 40.4. The van der Waals surface area contributed by atoms with Gasteiger partial charge in [0, 0.05) is 7.05 Å². The van der Waals surface area contributed by atoms with Gasteiger partial charge < -0.3 is 20.0 Å². The first-order chi connectivity index (χ1) is 11.4. The van der Waals surface area contributed by atoms with Crippen LogP contribution in [0.5, 0.6) is 0 Å². The summed E-state index contributed by atoms with van der Waals surface area (Å²) < 4.78 is 6.65. The van der Waals surface area contributed by atoms with E-state index in [1.807, 2.05) is 0 Å². The Morgan fingerprint density at radius 1 is 1.29 bits per heavy atom. The average Bonchev–Trinajstić information content (AvgIpc) is 2.88. The number of nitrogens with one attached hydrogen (secondary N) is 1. The van der Waals surface area contributed by atoms with Crippen LogP contribution in [-0.2, 0) is 7.05 Å². The molecule has 1 aromatic carbocycles. The van der Waals surface area contributed by atoms with Crippen molar-refractivity contribution < 1.29 is 14.0 Å². The van der Waals surface area contributed by atoms with Crippen molar-refractivity contribution in [3.63, 3.8) is 0 Å². The summed E-state index contributed by atoms with van der Waals surface area (Å²) in [5.74, 6) is -0.989. The number of aryl methyl sites for hydroxylation is 2. The first-order valence-electron chi connectivity index (χ1n) is 7.05. The minimum absolute atomic E-state index is 0.0815. The maximum atomic E-state index is 12.6. The molecule has 8 nitrogen and oxygen atoms in total. The number of furan rings is 1. The zero-order valence-electron chi connectivity index (χ0n) is 13.0. The number of rotatable bonds is 3. The molecule has 0 radical (unpaired) electrons. The van der Waals surface area contributed by atoms with E-state index in [1.165, 1.54) is 24.0 Å². The van der Waals surface area contributed by atoms with E-state index in [9.17, 15) is 14.4 Å². The van der Waals surface area contributed by atoms with Crippen LogP contribution in [0.1, 0.15) is 26.5 Å². The topological polar surface area (TPSA) is 120 Å². The third-order valence-electron chi connectivity index (χ3n) is 3.62. The van der Waals surface area contributed by atoms with Crippen molar-refractivity contribution in [3.8, 4) is 0 Å². The van der Waals surface area contributed by atoms with E-state index in [4.69, 9.17) is 10.2 Å². The van der Waals surface area contributed by atoms with Crippen molar-refractivity contribution in [3.05, 3.63) is 57.8 Å². The summed E-state index contributed by atoms with van der Waals surface area (Å²) in [5.41, 5.74) is 5.49. The summed E-state index contributed by atoms with van der Waals surface area (Å²) in [6.45, 7) is 1.57. The summed E-state index contributed by atoms with van der Waals surface area (Å²) in [6, 6.07) is 6.34. The molecule has 2 amide bonds. The predicted molar refractivity (Wildman–Crippen MR) is 86.9 cm³/mol. The fourth-order valence-electron chi connectivity index (χ4n) is 2.45. The Morgan fingerprint density at radius 3 is 2.71 bits per heavy atom. The molecule has 24 heavy (non-hydrogen) atoms. The van der Waals surface area contributed by atoms with Crippen LogP contribution in [0.25, 0.3) is 11.1 Å². The maximum Gasteiger partial charge on any atom is 0.265 e. The molecule has 3 rings (SSSR count). The normalized spacial score (nSPS) is 10.8. The molecule has 0 aliphatic carbocycles. The molecular weight excluding hydrogens is 312 g/mol. The van der Waals surface area contributed by atoms with Crippen molar-refractivity contribution in [2.24, 2.45) is 12.8 Å². The van der Waals surface area contributed by atoms with Gasteiger partial charge in [-0.25, -0.2) is 4.98 Å². The zero-order valence-corrected chi connectivity index (χ0v) is 13.0. The minimum Gasteiger partial charge on any atom is -0.442 e. The van der Waals surface area contributed by atoms with E-state index >= 15 is 0 Å². The maximum absolute atomic E-state index is 12.6. The van der Waals surface area contributed by atoms with Gasteiger partial charge in [0.2, 0.25) is 5.71 Å². The Labute approximate surface area is 135 Å². The highest BCUT2D eigenvalue weighted by Crippen LogP contribution is 2.23. The molecule has 0 unspecified atom stereocenters. The van der Waals surface area contributed by atoms with E-state index in [1.54, 1.807) is 25.1 Å². The quantitative estimate of drug-likeness (QED) is 0.749. The number of amides is 2. The lowest BCUT2D eigenvalue weighted by Gasteiger charge is -2.08. The van der Waals surface area contributed by atoms with Crippen LogP contribution < -0.4 is 16.6 Å². The number of nitrogens with zero attached hydrogens (tertiary/aromatic N) is 2. The van der Waals surface area contributed by atoms with Gasteiger partial charge in [0.1, 0.15) is 17.5 Å². The predicted octanol–water partition coefficient (Wildman–Crippen LogP) is 1.19. The molecule has 8 heteroatoms. The Kier molecular flexibility index (Phi) is 3.64. The smallest absolute Gasteiger partial charge is 0.265 e. The van der Waals surface area contributed by atoms with Crippen LogP contribution in [-0.4, -0.2) is 21.4 Å². The standard InChI is InChI=1S/C16H14N4O4/c1-8-11(12-15(24-8)18-7-20(2)16(12)23)14(22)19-10-6-4-3-5-9(10)13(17)21/h3-7H,1-2H3,(H2,17,21)(H,19,22). The number of hydrogen-bond donors (Lipinski definition) is 2. The Morgan fingerprint density at radius 2 is 2.00 bits per heavy atom. The molecule has 0 bridgehead atoms. The molecule has 2 aromatic heterocycles. The highest BCUT2D eigenvalue weighted by atomic mass is 16.3. The van der Waals surface area contributed by atoms with Gasteiger partial charge in [-0.3, -0.25) is 14.4 Å². The SMILES string of the molecule is Cc1oc2ncn(C)c(=O)c2c1C(=O)Nc1ccccc1C(N)=O. The first kappa shape index (κ1) is 15.5. The summed E-state index contributed by atoms with van der Waals surface area (Å²) in [7, 11) is 1.53. The Bertz CT molecular complexity index is 1030. The minimum atomic E-state index is -0.669. The lowest BCUT2D eigenvalue weighted by atomic mass is 10.1. The molecule has 2 heterocycles. The van der Waals surface area contributed by atoms with Gasteiger partial charge in [0.15, 0.2) is 0 Å². The van der Waals surface area contributed by atoms with Crippen LogP contribution in [0.3, 0.4) is 0 Å². The number of primary amides is 1. The molecule has 0 fully saturated rings. The van der Waals surface area contributed by atoms with Gasteiger partial charge in [-0.05, 0) is 19.1 Å². The van der Waals surface area contributed by atoms with E-state index in [0.717, 1.165) is 0 Å². The number of carbonyl (C=O) groups excluding carboxylic acids is 2. The fourth-order valence-corrected chi connectivity index (χ4v) is 2.45. The number of aromatic nitrogens is 2. The van der Waals surface area contributed by atoms with Crippen LogP contribution in [0, 0.1) is 6.92 Å². The number of carbonyl (C=O) groups is 2. The molecular formula is C16H14N4O4. The van der Waals surface area contributed by atoms with Crippen molar-refractivity contribution in [1.29, 1.82) is 0 Å². The summed E-state index contributed by atoms with van der Waals surface area (Å²) in [5, 5.41) is 2.69. The van der Waals surface area contributed by atoms with Crippen molar-refractivity contribution in [1.82, 2.24) is 9.55 Å². The van der Waals surface area contributed by atoms with E-state index in [0.29, 0.717) is 0 Å². The lowest BCUT2D eigenvalue weighted by Crippen LogP contribution is -2.22. The lowest BCUT2D eigenvalue weighted by molar-refractivity contribution is 0.100. The van der Waals surface area contributed by atoms with Gasteiger partial charge in [-0.15, -0.1) is 0 Å². The highest BCUT2D eigenvalue weighted by Gasteiger charge is 2.23. The molecule has 0 saturated carbocycles. The van der Waals surface area contributed by atoms with Gasteiger partial charge in [-0.1, -0.05) is 12.1 Å². The molecule has 3 N–H and O–H groups in total. The van der Waals surface area contributed by atoms with Crippen LogP contribution in [0.4, 0.5) is 5.69 Å². The van der Waals surface area contributed by atoms with Gasteiger partial charge in [0.05, 0.1) is 16.8 Å². The largest absolute Gasteiger partial charge is 0.442 e. The highest BCUT2D eigenvalue weighted by molar-refractivity contribution is 6.14. The monoisotopic (exact) mass is 326 g/mol. The first-order valence-corrected chi connectivity index (χ1v) is 7.05. The molecule has 0 aliphatic rings. The second-order valence-corrected chi connectivity index (χ2v) is 5.24. The van der Waals surface area contributed by atoms with E-state index in [-0.39, 0.29) is 33.7 Å². The van der Waals surface area contributed by atoms with Gasteiger partial charge in [0.25, 0.3) is 17.4 Å². The van der Waals surface area contributed by atoms with Crippen LogP contribution in [0.2, 0.25) is 0 Å². The zero-order chi connectivity index (χ0) is 17.4. The number of fused-ring (bicyclic) bond motifs is 1. The average molecular weight is 326 g/mol. The van der Waals surface area contributed by atoms with Crippen molar-refractivity contribution in [2.75, 3.05) is 5.32 Å². The summed E-state index contributed by atoms with van der Waals surface area (Å²) in [6.07, 6.45) is 1.32. The van der Waals surface area contributed by atoms with E-state index < -0.39 is 17.4 Å². The van der Waals surface area contributed by atoms with Crippen LogP contribution >= 0.6 is 0 Å². The van der Waals surface area contributed by atoms with E-state index in [2.05, 4.69) is 10.3 Å². The number of nitrogens with two attached hydrogens (primary N) is 1.